The predicted octanol–water partition coefficient (Wildman–Crippen LogP) is 1.51. The van der Waals surface area contributed by atoms with Crippen molar-refractivity contribution in [1.29, 1.82) is 0 Å². The van der Waals surface area contributed by atoms with E-state index < -0.39 is 16.7 Å². The molecule has 0 saturated heterocycles. The van der Waals surface area contributed by atoms with Crippen LogP contribution in [-0.4, -0.2) is 27.4 Å². The highest BCUT2D eigenvalue weighted by atomic mass is 35.5. The molecule has 7 heteroatoms. The van der Waals surface area contributed by atoms with E-state index in [2.05, 4.69) is 4.72 Å². The normalized spacial score (nSPS) is 10.9. The molecule has 104 valence electrons. The molecule has 1 rings (SSSR count). The Balaban J connectivity index is 0.00000289. The Hall–Kier alpha value is -0.850. The molecule has 0 bridgehead atoms. The van der Waals surface area contributed by atoms with E-state index in [1.54, 1.807) is 12.1 Å². The number of nitrogen functional groups attached to an aromatic ring is 1. The maximum absolute atomic E-state index is 11.8. The topological polar surface area (TPSA) is 72.2 Å². The summed E-state index contributed by atoms with van der Waals surface area (Å²) in [5.74, 6) is -0.161. The zero-order valence-electron chi connectivity index (χ0n) is 9.93. The summed E-state index contributed by atoms with van der Waals surface area (Å²) < 4.78 is 36.9. The molecule has 18 heavy (non-hydrogen) atoms. The van der Waals surface area contributed by atoms with Crippen molar-refractivity contribution in [2.45, 2.75) is 12.8 Å². The molecule has 0 atom stereocenters. The minimum absolute atomic E-state index is 0. The fraction of sp³-hybridized carbons (Fsp3) is 0.455. The van der Waals surface area contributed by atoms with Crippen LogP contribution in [0.3, 0.4) is 0 Å². The van der Waals surface area contributed by atoms with Crippen LogP contribution in [-0.2, 0) is 16.4 Å². The lowest BCUT2D eigenvalue weighted by Gasteiger charge is -2.06. The average molecular weight is 297 g/mol. The summed E-state index contributed by atoms with van der Waals surface area (Å²) >= 11 is 0. The van der Waals surface area contributed by atoms with Gasteiger partial charge in [-0.25, -0.2) is 13.1 Å². The van der Waals surface area contributed by atoms with Crippen molar-refractivity contribution in [2.75, 3.05) is 24.7 Å². The highest BCUT2D eigenvalue weighted by Gasteiger charge is 2.08. The monoisotopic (exact) mass is 296 g/mol. The van der Waals surface area contributed by atoms with Gasteiger partial charge in [0.05, 0.1) is 12.4 Å². The molecule has 0 heterocycles. The van der Waals surface area contributed by atoms with Gasteiger partial charge in [-0.3, -0.25) is 4.39 Å². The van der Waals surface area contributed by atoms with Crippen molar-refractivity contribution >= 4 is 28.1 Å². The largest absolute Gasteiger partial charge is 0.399 e. The van der Waals surface area contributed by atoms with Crippen LogP contribution in [0.4, 0.5) is 10.1 Å². The van der Waals surface area contributed by atoms with Gasteiger partial charge < -0.3 is 5.73 Å². The molecule has 0 fully saturated rings. The van der Waals surface area contributed by atoms with Gasteiger partial charge in [0.1, 0.15) is 0 Å². The van der Waals surface area contributed by atoms with E-state index in [1.165, 1.54) is 0 Å². The first kappa shape index (κ1) is 17.2. The number of nitrogens with two attached hydrogens (primary N) is 1. The Morgan fingerprint density at radius 2 is 1.83 bits per heavy atom. The number of benzene rings is 1. The maximum atomic E-state index is 11.8. The van der Waals surface area contributed by atoms with Gasteiger partial charge in [-0.15, -0.1) is 12.4 Å². The number of sulfonamides is 1. The molecule has 0 aliphatic rings. The Morgan fingerprint density at radius 1 is 1.22 bits per heavy atom. The summed E-state index contributed by atoms with van der Waals surface area (Å²) in [5.41, 5.74) is 7.22. The molecule has 0 saturated carbocycles. The van der Waals surface area contributed by atoms with Crippen LogP contribution in [0.2, 0.25) is 0 Å². The molecule has 0 spiro atoms. The Labute approximate surface area is 113 Å². The van der Waals surface area contributed by atoms with Gasteiger partial charge in [-0.1, -0.05) is 12.1 Å². The summed E-state index contributed by atoms with van der Waals surface area (Å²) in [6.45, 7) is -0.294. The number of nitrogens with one attached hydrogen (secondary N) is 1. The van der Waals surface area contributed by atoms with Crippen molar-refractivity contribution in [3.05, 3.63) is 29.8 Å². The van der Waals surface area contributed by atoms with Crippen LogP contribution >= 0.6 is 12.4 Å². The summed E-state index contributed by atoms with van der Waals surface area (Å²) in [5, 5.41) is 0. The Morgan fingerprint density at radius 3 is 2.39 bits per heavy atom. The van der Waals surface area contributed by atoms with E-state index in [0.29, 0.717) is 18.7 Å². The Kier molecular flexibility index (Phi) is 7.90. The van der Waals surface area contributed by atoms with E-state index in [1.807, 2.05) is 12.1 Å². The minimum Gasteiger partial charge on any atom is -0.399 e. The molecule has 0 aliphatic heterocycles. The van der Waals surface area contributed by atoms with Crippen molar-refractivity contribution in [2.24, 2.45) is 0 Å². The van der Waals surface area contributed by atoms with E-state index in [0.717, 1.165) is 5.56 Å². The van der Waals surface area contributed by atoms with E-state index >= 15 is 0 Å². The third-order valence-corrected chi connectivity index (χ3v) is 3.73. The molecular formula is C11H18ClFN2O2S. The molecule has 0 unspecified atom stereocenters. The van der Waals surface area contributed by atoms with Crippen molar-refractivity contribution in [3.8, 4) is 0 Å². The van der Waals surface area contributed by atoms with Crippen LogP contribution in [0, 0.1) is 0 Å². The highest BCUT2D eigenvalue weighted by Crippen LogP contribution is 2.05. The van der Waals surface area contributed by atoms with E-state index in [9.17, 15) is 12.8 Å². The number of anilines is 1. The summed E-state index contributed by atoms with van der Waals surface area (Å²) in [6.07, 6.45) is 0.631. The first-order valence-corrected chi connectivity index (χ1v) is 7.06. The van der Waals surface area contributed by atoms with E-state index in [-0.39, 0.29) is 24.6 Å². The van der Waals surface area contributed by atoms with Crippen molar-refractivity contribution < 1.29 is 12.8 Å². The lowest BCUT2D eigenvalue weighted by atomic mass is 10.1. The minimum atomic E-state index is -3.34. The molecular weight excluding hydrogens is 279 g/mol. The molecule has 0 amide bonds. The van der Waals surface area contributed by atoms with Gasteiger partial charge in [-0.2, -0.15) is 0 Å². The van der Waals surface area contributed by atoms with Crippen LogP contribution < -0.4 is 10.5 Å². The highest BCUT2D eigenvalue weighted by molar-refractivity contribution is 7.89. The third-order valence-electron chi connectivity index (χ3n) is 2.26. The van der Waals surface area contributed by atoms with Gasteiger partial charge in [-0.05, 0) is 30.5 Å². The Bertz CT molecular complexity index is 437. The second kappa shape index (κ2) is 8.29. The van der Waals surface area contributed by atoms with Crippen LogP contribution in [0.1, 0.15) is 12.0 Å². The zero-order chi connectivity index (χ0) is 12.7. The zero-order valence-corrected chi connectivity index (χ0v) is 11.6. The van der Waals surface area contributed by atoms with Crippen molar-refractivity contribution in [1.82, 2.24) is 4.72 Å². The number of rotatable bonds is 7. The molecule has 4 nitrogen and oxygen atoms in total. The SMILES string of the molecule is Cl.Nc1ccc(CCNS(=O)(=O)CCCF)cc1. The average Bonchev–Trinajstić information content (AvgIpc) is 2.29. The lowest BCUT2D eigenvalue weighted by molar-refractivity contribution is 0.483. The van der Waals surface area contributed by atoms with Gasteiger partial charge in [0, 0.05) is 12.2 Å². The third kappa shape index (κ3) is 6.78. The number of hydrogen-bond acceptors (Lipinski definition) is 3. The van der Waals surface area contributed by atoms with Gasteiger partial charge in [0.25, 0.3) is 0 Å². The summed E-state index contributed by atoms with van der Waals surface area (Å²) in [4.78, 5) is 0. The molecule has 1 aromatic carbocycles. The molecule has 0 aliphatic carbocycles. The van der Waals surface area contributed by atoms with E-state index in [4.69, 9.17) is 5.73 Å². The maximum Gasteiger partial charge on any atom is 0.211 e. The molecule has 0 aromatic heterocycles. The smallest absolute Gasteiger partial charge is 0.211 e. The van der Waals surface area contributed by atoms with Crippen molar-refractivity contribution in [3.63, 3.8) is 0 Å². The number of hydrogen-bond donors (Lipinski definition) is 2. The van der Waals surface area contributed by atoms with Crippen LogP contribution in [0.25, 0.3) is 0 Å². The molecule has 3 N–H and O–H groups in total. The van der Waals surface area contributed by atoms with Gasteiger partial charge in [0.2, 0.25) is 10.0 Å². The quantitative estimate of drug-likeness (QED) is 0.749. The molecule has 0 radical (unpaired) electrons. The lowest BCUT2D eigenvalue weighted by Crippen LogP contribution is -2.28. The van der Waals surface area contributed by atoms with Crippen LogP contribution in [0.15, 0.2) is 24.3 Å². The first-order chi connectivity index (χ1) is 8.03. The second-order valence-corrected chi connectivity index (χ2v) is 5.67. The first-order valence-electron chi connectivity index (χ1n) is 5.41. The standard InChI is InChI=1S/C11H17FN2O2S.ClH/c12-7-1-9-17(15,16)14-8-6-10-2-4-11(13)5-3-10;/h2-5,14H,1,6-9,13H2;1H. The second-order valence-electron chi connectivity index (χ2n) is 3.75. The summed E-state index contributed by atoms with van der Waals surface area (Å²) in [6, 6.07) is 7.25. The summed E-state index contributed by atoms with van der Waals surface area (Å²) in [7, 11) is -3.34. The van der Waals surface area contributed by atoms with Crippen LogP contribution in [0.5, 0.6) is 0 Å². The van der Waals surface area contributed by atoms with Gasteiger partial charge >= 0.3 is 0 Å². The van der Waals surface area contributed by atoms with Gasteiger partial charge in [0.15, 0.2) is 0 Å². The predicted molar refractivity (Wildman–Crippen MR) is 74.2 cm³/mol. The number of alkyl halides is 1. The number of halogens is 2. The fourth-order valence-corrected chi connectivity index (χ4v) is 2.40. The molecule has 1 aromatic rings. The fourth-order valence-electron chi connectivity index (χ4n) is 1.35.